The molecule has 2 aromatic heterocycles. The van der Waals surface area contributed by atoms with Crippen LogP contribution in [0.15, 0.2) is 61.3 Å². The Morgan fingerprint density at radius 2 is 1.33 bits per heavy atom. The van der Waals surface area contributed by atoms with Gasteiger partial charge in [0, 0.05) is 44.6 Å². The molecule has 0 amide bonds. The van der Waals surface area contributed by atoms with Crippen molar-refractivity contribution in [2.75, 3.05) is 23.9 Å². The normalized spacial score (nSPS) is 14.2. The Morgan fingerprint density at radius 3 is 1.82 bits per heavy atom. The average Bonchev–Trinajstić information content (AvgIpc) is 3.68. The second-order valence-corrected chi connectivity index (χ2v) is 9.60. The van der Waals surface area contributed by atoms with Crippen molar-refractivity contribution in [3.63, 3.8) is 0 Å². The number of hydrogen-bond acceptors (Lipinski definition) is 6. The van der Waals surface area contributed by atoms with Crippen molar-refractivity contribution >= 4 is 11.4 Å². The molecule has 0 spiro atoms. The molecule has 7 nitrogen and oxygen atoms in total. The maximum Gasteiger partial charge on any atom is 0.394 e. The van der Waals surface area contributed by atoms with Crippen LogP contribution in [0.25, 0.3) is 22.6 Å². The van der Waals surface area contributed by atoms with E-state index >= 15 is 0 Å². The van der Waals surface area contributed by atoms with E-state index in [1.54, 1.807) is 78.9 Å². The quantitative estimate of drug-likeness (QED) is 0.134. The van der Waals surface area contributed by atoms with E-state index in [1.165, 1.54) is 10.8 Å². The Kier molecular flexibility index (Phi) is 9.93. The number of aromatic nitrogens is 3. The van der Waals surface area contributed by atoms with Gasteiger partial charge in [0.05, 0.1) is 0 Å². The van der Waals surface area contributed by atoms with Gasteiger partial charge in [0.2, 0.25) is 0 Å². The smallest absolute Gasteiger partial charge is 0.394 e. The summed E-state index contributed by atoms with van der Waals surface area (Å²) in [5, 5.41) is 0. The van der Waals surface area contributed by atoms with Gasteiger partial charge in [-0.05, 0) is 50.8 Å². The van der Waals surface area contributed by atoms with Crippen LogP contribution in [-0.2, 0) is 33.3 Å². The first-order chi connectivity index (χ1) is 20.8. The minimum absolute atomic E-state index is 0. The summed E-state index contributed by atoms with van der Waals surface area (Å²) in [6.07, 6.45) is 3.87. The van der Waals surface area contributed by atoms with Crippen molar-refractivity contribution in [1.82, 2.24) is 24.3 Å². The van der Waals surface area contributed by atoms with Crippen LogP contribution in [0.1, 0.15) is 5.56 Å². The predicted octanol–water partition coefficient (Wildman–Crippen LogP) is 6.49. The Balaban J connectivity index is 0.000000200. The van der Waals surface area contributed by atoms with Gasteiger partial charge in [-0.15, -0.1) is 47.8 Å². The number of alkyl halides is 3. The number of rotatable bonds is 4. The molecule has 4 aromatic rings. The average molecular weight is 805 g/mol. The molecule has 2 aromatic carbocycles. The van der Waals surface area contributed by atoms with Crippen LogP contribution in [0.2, 0.25) is 0 Å². The molecule has 0 fully saturated rings. The molecule has 2 aliphatic heterocycles. The van der Waals surface area contributed by atoms with E-state index in [4.69, 9.17) is 0 Å². The maximum absolute atomic E-state index is 13.8. The summed E-state index contributed by atoms with van der Waals surface area (Å²) in [7, 11) is 5.16. The molecule has 45 heavy (non-hydrogen) atoms. The molecular formula is C30H21F7IrN7-5. The Morgan fingerprint density at radius 1 is 0.756 bits per heavy atom. The SMILES string of the molecule is CN1C=CN(c2[c-]c(N3C=CN(C)[CH-]3)cc(C(F)(F)F)c2)[CH-]1.Cn1cc(-c2[c-]cc(F)nc2F)nc1-c1[c-]cc(F)cc1F.[Ir]. The zero-order valence-electron chi connectivity index (χ0n) is 23.5. The summed E-state index contributed by atoms with van der Waals surface area (Å²) in [6.45, 7) is 3.37. The monoisotopic (exact) mass is 805 g/mol. The van der Waals surface area contributed by atoms with Crippen LogP contribution in [0.4, 0.5) is 42.1 Å². The molecule has 1 radical (unpaired) electrons. The van der Waals surface area contributed by atoms with E-state index in [2.05, 4.69) is 28.2 Å². The van der Waals surface area contributed by atoms with Crippen LogP contribution in [0.3, 0.4) is 0 Å². The van der Waals surface area contributed by atoms with E-state index in [9.17, 15) is 30.7 Å². The zero-order chi connectivity index (χ0) is 31.8. The van der Waals surface area contributed by atoms with Gasteiger partial charge in [-0.1, -0.05) is 28.8 Å². The first-order valence-corrected chi connectivity index (χ1v) is 12.6. The molecule has 239 valence electrons. The maximum atomic E-state index is 13.8. The summed E-state index contributed by atoms with van der Waals surface area (Å²) < 4.78 is 94.0. The van der Waals surface area contributed by atoms with E-state index in [0.717, 1.165) is 24.3 Å². The number of hydrogen-bond donors (Lipinski definition) is 0. The van der Waals surface area contributed by atoms with Crippen molar-refractivity contribution in [3.8, 4) is 22.6 Å². The zero-order valence-corrected chi connectivity index (χ0v) is 25.9. The minimum atomic E-state index is -4.41. The van der Waals surface area contributed by atoms with Gasteiger partial charge in [0.15, 0.2) is 0 Å². The third-order valence-electron chi connectivity index (χ3n) is 6.22. The van der Waals surface area contributed by atoms with E-state index < -0.39 is 35.3 Å². The Hall–Kier alpha value is -4.36. The largest absolute Gasteiger partial charge is 0.510 e. The summed E-state index contributed by atoms with van der Waals surface area (Å²) in [6, 6.07) is 12.6. The van der Waals surface area contributed by atoms with E-state index in [-0.39, 0.29) is 42.8 Å². The number of halogens is 7. The molecule has 0 atom stereocenters. The van der Waals surface area contributed by atoms with Crippen molar-refractivity contribution in [2.24, 2.45) is 7.05 Å². The van der Waals surface area contributed by atoms with E-state index in [0.29, 0.717) is 17.4 Å². The second-order valence-electron chi connectivity index (χ2n) is 9.60. The van der Waals surface area contributed by atoms with Crippen LogP contribution in [0, 0.1) is 55.1 Å². The van der Waals surface area contributed by atoms with Crippen LogP contribution < -0.4 is 9.80 Å². The molecule has 15 heteroatoms. The fourth-order valence-electron chi connectivity index (χ4n) is 4.16. The fraction of sp³-hybridized carbons (Fsp3) is 0.133. The Labute approximate surface area is 267 Å². The predicted molar refractivity (Wildman–Crippen MR) is 147 cm³/mol. The minimum Gasteiger partial charge on any atom is -0.510 e. The van der Waals surface area contributed by atoms with Gasteiger partial charge in [-0.25, -0.2) is 8.78 Å². The van der Waals surface area contributed by atoms with Crippen LogP contribution in [-0.4, -0.2) is 38.4 Å². The molecular weight excluding hydrogens is 784 g/mol. The molecule has 0 N–H and O–H groups in total. The molecule has 4 heterocycles. The van der Waals surface area contributed by atoms with Gasteiger partial charge in [-0.2, -0.15) is 26.5 Å². The second kappa shape index (κ2) is 13.3. The molecule has 0 aliphatic carbocycles. The van der Waals surface area contributed by atoms with E-state index in [1.807, 2.05) is 0 Å². The standard InChI is InChI=1S/C15H7F4N3.C15H14F3N4.Ir/c1-22-7-12(10-4-5-13(18)21-14(10)19)20-15(22)9-3-2-8(16)6-11(9)17;1-19-3-5-21(10-19)13-7-12(15(16,17)18)8-14(9-13)22-6-4-20(2)11-22;/h2,5-7H,1H3;3-8,10-11H,1-2H3;/q-2;-3;. The summed E-state index contributed by atoms with van der Waals surface area (Å²) in [5.74, 6) is -3.58. The summed E-state index contributed by atoms with van der Waals surface area (Å²) in [4.78, 5) is 13.8. The van der Waals surface area contributed by atoms with Gasteiger partial charge < -0.3 is 29.2 Å². The van der Waals surface area contributed by atoms with Crippen LogP contribution in [0.5, 0.6) is 0 Å². The first kappa shape index (κ1) is 33.5. The first-order valence-electron chi connectivity index (χ1n) is 12.6. The number of pyridine rings is 1. The third kappa shape index (κ3) is 7.66. The number of anilines is 2. The van der Waals surface area contributed by atoms with Gasteiger partial charge in [0.25, 0.3) is 0 Å². The number of aryl methyl sites for hydroxylation is 1. The van der Waals surface area contributed by atoms with Crippen molar-refractivity contribution in [2.45, 2.75) is 6.18 Å². The van der Waals surface area contributed by atoms with Crippen molar-refractivity contribution in [1.29, 1.82) is 0 Å². The molecule has 0 unspecified atom stereocenters. The van der Waals surface area contributed by atoms with Gasteiger partial charge >= 0.3 is 6.18 Å². The molecule has 0 saturated heterocycles. The summed E-state index contributed by atoms with van der Waals surface area (Å²) in [5.41, 5.74) is -0.150. The van der Waals surface area contributed by atoms with Gasteiger partial charge in [-0.3, -0.25) is 13.8 Å². The molecule has 2 aliphatic rings. The van der Waals surface area contributed by atoms with Crippen molar-refractivity contribution in [3.05, 3.63) is 122 Å². The number of benzene rings is 2. The summed E-state index contributed by atoms with van der Waals surface area (Å²) >= 11 is 0. The third-order valence-corrected chi connectivity index (χ3v) is 6.22. The topological polar surface area (TPSA) is 43.7 Å². The van der Waals surface area contributed by atoms with Gasteiger partial charge in [0.1, 0.15) is 11.9 Å². The molecule has 0 bridgehead atoms. The number of nitrogens with zero attached hydrogens (tertiary/aromatic N) is 7. The Bertz CT molecular complexity index is 1690. The molecule has 6 rings (SSSR count). The fourth-order valence-corrected chi connectivity index (χ4v) is 4.16. The van der Waals surface area contributed by atoms with Crippen LogP contribution >= 0.6 is 0 Å². The molecule has 0 saturated carbocycles. The number of imidazole rings is 1. The van der Waals surface area contributed by atoms with Crippen molar-refractivity contribution < 1.29 is 50.8 Å².